The Hall–Kier alpha value is -2.43. The lowest BCUT2D eigenvalue weighted by atomic mass is 10.1. The first-order valence-corrected chi connectivity index (χ1v) is 6.88. The number of halogens is 2. The van der Waals surface area contributed by atoms with Crippen LogP contribution in [-0.2, 0) is 6.42 Å². The third-order valence-corrected chi connectivity index (χ3v) is 3.29. The molecule has 1 N–H and O–H groups in total. The Balaban J connectivity index is 1.99. The van der Waals surface area contributed by atoms with E-state index in [0.29, 0.717) is 19.0 Å². The molecule has 0 saturated carbocycles. The van der Waals surface area contributed by atoms with Crippen LogP contribution in [0.4, 0.5) is 8.78 Å². The molecule has 0 aliphatic heterocycles. The van der Waals surface area contributed by atoms with E-state index in [9.17, 15) is 13.6 Å². The van der Waals surface area contributed by atoms with Gasteiger partial charge in [-0.2, -0.15) is 0 Å². The number of methoxy groups -OCH3 is 1. The highest BCUT2D eigenvalue weighted by Gasteiger charge is 2.12. The van der Waals surface area contributed by atoms with Gasteiger partial charge in [0.1, 0.15) is 17.4 Å². The van der Waals surface area contributed by atoms with E-state index in [1.54, 1.807) is 7.11 Å². The second-order valence-corrected chi connectivity index (χ2v) is 4.95. The summed E-state index contributed by atoms with van der Waals surface area (Å²) >= 11 is 0. The highest BCUT2D eigenvalue weighted by atomic mass is 19.1. The average Bonchev–Trinajstić information content (AvgIpc) is 2.47. The Morgan fingerprint density at radius 2 is 1.95 bits per heavy atom. The second kappa shape index (κ2) is 7.02. The van der Waals surface area contributed by atoms with Gasteiger partial charge in [-0.15, -0.1) is 0 Å². The Labute approximate surface area is 127 Å². The van der Waals surface area contributed by atoms with Gasteiger partial charge in [0.15, 0.2) is 0 Å². The molecule has 1 amide bonds. The van der Waals surface area contributed by atoms with Crippen molar-refractivity contribution in [3.63, 3.8) is 0 Å². The maximum Gasteiger partial charge on any atom is 0.254 e. The largest absolute Gasteiger partial charge is 0.496 e. The fourth-order valence-electron chi connectivity index (χ4n) is 2.18. The van der Waals surface area contributed by atoms with Crippen LogP contribution in [0.3, 0.4) is 0 Å². The van der Waals surface area contributed by atoms with Crippen molar-refractivity contribution in [2.75, 3.05) is 13.7 Å². The van der Waals surface area contributed by atoms with E-state index in [4.69, 9.17) is 4.74 Å². The Bertz CT molecular complexity index is 686. The molecule has 0 saturated heterocycles. The Morgan fingerprint density at radius 1 is 1.18 bits per heavy atom. The number of carbonyl (C=O) groups excluding carboxylic acids is 1. The molecule has 0 spiro atoms. The molecule has 3 nitrogen and oxygen atoms in total. The van der Waals surface area contributed by atoms with Crippen molar-refractivity contribution >= 4 is 5.91 Å². The zero-order chi connectivity index (χ0) is 16.1. The van der Waals surface area contributed by atoms with Crippen molar-refractivity contribution in [3.8, 4) is 5.75 Å². The predicted octanol–water partition coefficient (Wildman–Crippen LogP) is 3.25. The first-order chi connectivity index (χ1) is 10.5. The van der Waals surface area contributed by atoms with Gasteiger partial charge in [-0.05, 0) is 37.1 Å². The van der Waals surface area contributed by atoms with Crippen LogP contribution in [0, 0.1) is 18.6 Å². The molecular weight excluding hydrogens is 288 g/mol. The molecule has 2 aromatic rings. The summed E-state index contributed by atoms with van der Waals surface area (Å²) < 4.78 is 31.6. The molecule has 116 valence electrons. The zero-order valence-electron chi connectivity index (χ0n) is 12.5. The molecular formula is C17H17F2NO2. The van der Waals surface area contributed by atoms with Gasteiger partial charge in [0, 0.05) is 12.6 Å². The van der Waals surface area contributed by atoms with Crippen molar-refractivity contribution in [1.29, 1.82) is 0 Å². The fourth-order valence-corrected chi connectivity index (χ4v) is 2.18. The molecule has 5 heteroatoms. The molecule has 0 aliphatic carbocycles. The van der Waals surface area contributed by atoms with Crippen molar-refractivity contribution in [1.82, 2.24) is 5.32 Å². The molecule has 0 aromatic heterocycles. The van der Waals surface area contributed by atoms with Gasteiger partial charge in [0.2, 0.25) is 0 Å². The lowest BCUT2D eigenvalue weighted by molar-refractivity contribution is 0.0950. The maximum absolute atomic E-state index is 13.5. The number of amides is 1. The average molecular weight is 305 g/mol. The summed E-state index contributed by atoms with van der Waals surface area (Å²) in [5.74, 6) is -1.40. The van der Waals surface area contributed by atoms with Crippen LogP contribution >= 0.6 is 0 Å². The molecule has 0 unspecified atom stereocenters. The van der Waals surface area contributed by atoms with E-state index in [-0.39, 0.29) is 5.56 Å². The lowest BCUT2D eigenvalue weighted by Crippen LogP contribution is -2.26. The van der Waals surface area contributed by atoms with Crippen molar-refractivity contribution < 1.29 is 18.3 Å². The van der Waals surface area contributed by atoms with Gasteiger partial charge < -0.3 is 10.1 Å². The highest BCUT2D eigenvalue weighted by molar-refractivity contribution is 5.94. The number of rotatable bonds is 5. The van der Waals surface area contributed by atoms with E-state index >= 15 is 0 Å². The highest BCUT2D eigenvalue weighted by Crippen LogP contribution is 2.19. The Kier molecular flexibility index (Phi) is 5.09. The summed E-state index contributed by atoms with van der Waals surface area (Å²) in [7, 11) is 1.58. The van der Waals surface area contributed by atoms with Crippen LogP contribution in [-0.4, -0.2) is 19.6 Å². The van der Waals surface area contributed by atoms with Gasteiger partial charge in [0.05, 0.1) is 12.7 Å². The predicted molar refractivity (Wildman–Crippen MR) is 80.1 cm³/mol. The quantitative estimate of drug-likeness (QED) is 0.921. The smallest absolute Gasteiger partial charge is 0.254 e. The number of carbonyl (C=O) groups is 1. The monoisotopic (exact) mass is 305 g/mol. The summed E-state index contributed by atoms with van der Waals surface area (Å²) in [5, 5.41) is 2.62. The number of nitrogens with one attached hydrogen (secondary N) is 1. The number of aryl methyl sites for hydroxylation is 1. The van der Waals surface area contributed by atoms with Crippen LogP contribution < -0.4 is 10.1 Å². The van der Waals surface area contributed by atoms with E-state index in [0.717, 1.165) is 29.0 Å². The normalized spacial score (nSPS) is 10.4. The molecule has 0 heterocycles. The molecule has 22 heavy (non-hydrogen) atoms. The van der Waals surface area contributed by atoms with Gasteiger partial charge in [0.25, 0.3) is 5.91 Å². The zero-order valence-corrected chi connectivity index (χ0v) is 12.5. The molecule has 0 radical (unpaired) electrons. The van der Waals surface area contributed by atoms with Crippen LogP contribution in [0.2, 0.25) is 0 Å². The fraction of sp³-hybridized carbons (Fsp3) is 0.235. The third kappa shape index (κ3) is 3.81. The maximum atomic E-state index is 13.5. The Morgan fingerprint density at radius 3 is 2.64 bits per heavy atom. The second-order valence-electron chi connectivity index (χ2n) is 4.95. The minimum Gasteiger partial charge on any atom is -0.496 e. The molecule has 0 atom stereocenters. The third-order valence-electron chi connectivity index (χ3n) is 3.29. The summed E-state index contributed by atoms with van der Waals surface area (Å²) in [6, 6.07) is 8.66. The summed E-state index contributed by atoms with van der Waals surface area (Å²) in [6.07, 6.45) is 0.555. The van der Waals surface area contributed by atoms with Crippen LogP contribution in [0.15, 0.2) is 36.4 Å². The van der Waals surface area contributed by atoms with E-state index in [1.807, 2.05) is 25.1 Å². The molecule has 2 aromatic carbocycles. The van der Waals surface area contributed by atoms with E-state index in [1.165, 1.54) is 0 Å². The summed E-state index contributed by atoms with van der Waals surface area (Å²) in [6.45, 7) is 2.30. The van der Waals surface area contributed by atoms with Crippen LogP contribution in [0.5, 0.6) is 5.75 Å². The first-order valence-electron chi connectivity index (χ1n) is 6.88. The molecule has 2 rings (SSSR count). The van der Waals surface area contributed by atoms with E-state index < -0.39 is 17.5 Å². The lowest BCUT2D eigenvalue weighted by Gasteiger charge is -2.10. The topological polar surface area (TPSA) is 38.3 Å². The van der Waals surface area contributed by atoms with Crippen LogP contribution in [0.1, 0.15) is 21.5 Å². The number of benzene rings is 2. The first kappa shape index (κ1) is 15.9. The van der Waals surface area contributed by atoms with E-state index in [2.05, 4.69) is 5.32 Å². The standard InChI is InChI=1S/C17H17F2NO2/c1-11-3-6-16(22-2)12(9-11)7-8-20-17(21)14-5-4-13(18)10-15(14)19/h3-6,9-10H,7-8H2,1-2H3,(H,20,21). The molecule has 0 fully saturated rings. The van der Waals surface area contributed by atoms with Gasteiger partial charge >= 0.3 is 0 Å². The molecule has 0 aliphatic rings. The van der Waals surface area contributed by atoms with Gasteiger partial charge in [-0.1, -0.05) is 17.7 Å². The van der Waals surface area contributed by atoms with Gasteiger partial charge in [-0.25, -0.2) is 8.78 Å². The minimum atomic E-state index is -0.870. The van der Waals surface area contributed by atoms with Gasteiger partial charge in [-0.3, -0.25) is 4.79 Å². The van der Waals surface area contributed by atoms with Crippen molar-refractivity contribution in [2.45, 2.75) is 13.3 Å². The molecule has 0 bridgehead atoms. The van der Waals surface area contributed by atoms with Crippen LogP contribution in [0.25, 0.3) is 0 Å². The number of hydrogen-bond donors (Lipinski definition) is 1. The van der Waals surface area contributed by atoms with Crippen molar-refractivity contribution in [2.24, 2.45) is 0 Å². The summed E-state index contributed by atoms with van der Waals surface area (Å²) in [4.78, 5) is 11.9. The minimum absolute atomic E-state index is 0.169. The number of ether oxygens (including phenoxy) is 1. The SMILES string of the molecule is COc1ccc(C)cc1CCNC(=O)c1ccc(F)cc1F. The summed E-state index contributed by atoms with van der Waals surface area (Å²) in [5.41, 5.74) is 1.88. The van der Waals surface area contributed by atoms with Crippen molar-refractivity contribution in [3.05, 3.63) is 64.7 Å². The number of hydrogen-bond acceptors (Lipinski definition) is 2.